The molecule has 0 aromatic carbocycles. The Balaban J connectivity index is 0.00000144. The van der Waals surface area contributed by atoms with Gasteiger partial charge in [-0.1, -0.05) is 0 Å². The average molecular weight is 230 g/mol. The van der Waals surface area contributed by atoms with Gasteiger partial charge >= 0.3 is 0 Å². The molecule has 0 bridgehead atoms. The summed E-state index contributed by atoms with van der Waals surface area (Å²) in [6.07, 6.45) is 1.36. The van der Waals surface area contributed by atoms with E-state index in [1.165, 1.54) is 0 Å². The lowest BCUT2D eigenvalue weighted by atomic mass is 10.2. The minimum atomic E-state index is -2.75. The Morgan fingerprint density at radius 2 is 1.85 bits per heavy atom. The maximum Gasteiger partial charge on any atom is 0.150 e. The van der Waals surface area contributed by atoms with Crippen molar-refractivity contribution in [3.8, 4) is 0 Å². The molecule has 1 saturated heterocycles. The molecular formula is C7H16ClNO3S. The van der Waals surface area contributed by atoms with Crippen LogP contribution in [0.2, 0.25) is 0 Å². The zero-order chi connectivity index (χ0) is 9.03. The number of rotatable bonds is 3. The molecule has 0 radical (unpaired) electrons. The first-order chi connectivity index (χ1) is 5.64. The fourth-order valence-corrected chi connectivity index (χ4v) is 2.72. The standard InChI is InChI=1S/C7H15NO3S.ClH/c8-3-4-11-7-1-5-12(9,10)6-2-7;/h7H,1-6,8H2;1H. The van der Waals surface area contributed by atoms with Crippen molar-refractivity contribution in [2.24, 2.45) is 5.73 Å². The molecule has 1 fully saturated rings. The number of sulfone groups is 1. The Hall–Kier alpha value is 0.160. The maximum atomic E-state index is 11.0. The fourth-order valence-electron chi connectivity index (χ4n) is 1.27. The summed E-state index contributed by atoms with van der Waals surface area (Å²) >= 11 is 0. The molecule has 1 rings (SSSR count). The van der Waals surface area contributed by atoms with Gasteiger partial charge in [0.1, 0.15) is 0 Å². The van der Waals surface area contributed by atoms with E-state index in [0.717, 1.165) is 0 Å². The van der Waals surface area contributed by atoms with E-state index in [9.17, 15) is 8.42 Å². The van der Waals surface area contributed by atoms with E-state index in [4.69, 9.17) is 10.5 Å². The van der Waals surface area contributed by atoms with Crippen molar-refractivity contribution < 1.29 is 13.2 Å². The van der Waals surface area contributed by atoms with Crippen molar-refractivity contribution in [2.75, 3.05) is 24.7 Å². The SMILES string of the molecule is Cl.NCCOC1CCS(=O)(=O)CC1. The molecule has 13 heavy (non-hydrogen) atoms. The largest absolute Gasteiger partial charge is 0.377 e. The molecule has 4 nitrogen and oxygen atoms in total. The predicted octanol–water partition coefficient (Wildman–Crippen LogP) is -0.0393. The van der Waals surface area contributed by atoms with Gasteiger partial charge < -0.3 is 10.5 Å². The Labute approximate surface area is 85.2 Å². The number of ether oxygens (including phenoxy) is 1. The first kappa shape index (κ1) is 13.2. The van der Waals surface area contributed by atoms with Crippen LogP contribution >= 0.6 is 12.4 Å². The average Bonchev–Trinajstić information content (AvgIpc) is 2.03. The van der Waals surface area contributed by atoms with Crippen LogP contribution in [0.4, 0.5) is 0 Å². The van der Waals surface area contributed by atoms with Crippen LogP contribution in [-0.4, -0.2) is 39.2 Å². The summed E-state index contributed by atoms with van der Waals surface area (Å²) in [7, 11) is -2.75. The van der Waals surface area contributed by atoms with Crippen LogP contribution in [0.25, 0.3) is 0 Å². The molecule has 1 aliphatic heterocycles. The van der Waals surface area contributed by atoms with Crippen LogP contribution in [0, 0.1) is 0 Å². The van der Waals surface area contributed by atoms with Crippen molar-refractivity contribution in [3.63, 3.8) is 0 Å². The van der Waals surface area contributed by atoms with Crippen molar-refractivity contribution in [2.45, 2.75) is 18.9 Å². The molecule has 0 amide bonds. The topological polar surface area (TPSA) is 69.4 Å². The van der Waals surface area contributed by atoms with E-state index in [2.05, 4.69) is 0 Å². The van der Waals surface area contributed by atoms with Gasteiger partial charge in [0.2, 0.25) is 0 Å². The third-order valence-electron chi connectivity index (χ3n) is 1.97. The van der Waals surface area contributed by atoms with Crippen molar-refractivity contribution >= 4 is 22.2 Å². The number of nitrogens with two attached hydrogens (primary N) is 1. The lowest BCUT2D eigenvalue weighted by Crippen LogP contribution is -2.30. The lowest BCUT2D eigenvalue weighted by Gasteiger charge is -2.21. The Kier molecular flexibility index (Phi) is 5.87. The summed E-state index contributed by atoms with van der Waals surface area (Å²) in [4.78, 5) is 0. The first-order valence-electron chi connectivity index (χ1n) is 4.16. The van der Waals surface area contributed by atoms with Gasteiger partial charge in [-0.15, -0.1) is 12.4 Å². The van der Waals surface area contributed by atoms with Crippen molar-refractivity contribution in [3.05, 3.63) is 0 Å². The smallest absolute Gasteiger partial charge is 0.150 e. The van der Waals surface area contributed by atoms with Gasteiger partial charge in [0.25, 0.3) is 0 Å². The summed E-state index contributed by atoms with van der Waals surface area (Å²) in [5.41, 5.74) is 5.26. The molecule has 2 N–H and O–H groups in total. The molecule has 0 aromatic heterocycles. The molecule has 0 aliphatic carbocycles. The van der Waals surface area contributed by atoms with Crippen LogP contribution in [0.3, 0.4) is 0 Å². The lowest BCUT2D eigenvalue weighted by molar-refractivity contribution is 0.0523. The van der Waals surface area contributed by atoms with Gasteiger partial charge in [0, 0.05) is 6.54 Å². The second kappa shape index (κ2) is 5.80. The minimum Gasteiger partial charge on any atom is -0.377 e. The summed E-state index contributed by atoms with van der Waals surface area (Å²) in [5.74, 6) is 0.532. The molecule has 1 heterocycles. The second-order valence-electron chi connectivity index (χ2n) is 3.01. The van der Waals surface area contributed by atoms with Crippen LogP contribution in [0.15, 0.2) is 0 Å². The fraction of sp³-hybridized carbons (Fsp3) is 1.00. The zero-order valence-corrected chi connectivity index (χ0v) is 9.07. The molecule has 1 aliphatic rings. The van der Waals surface area contributed by atoms with Gasteiger partial charge in [0.15, 0.2) is 9.84 Å². The third kappa shape index (κ3) is 4.81. The summed E-state index contributed by atoms with van der Waals surface area (Å²) in [6.45, 7) is 1.04. The third-order valence-corrected chi connectivity index (χ3v) is 3.69. The molecule has 6 heteroatoms. The number of halogens is 1. The van der Waals surface area contributed by atoms with Gasteiger partial charge in [-0.05, 0) is 12.8 Å². The highest BCUT2D eigenvalue weighted by Crippen LogP contribution is 2.14. The van der Waals surface area contributed by atoms with Crippen LogP contribution in [-0.2, 0) is 14.6 Å². The normalized spacial score (nSPS) is 22.2. The van der Waals surface area contributed by atoms with Crippen LogP contribution in [0.1, 0.15) is 12.8 Å². The van der Waals surface area contributed by atoms with E-state index < -0.39 is 9.84 Å². The van der Waals surface area contributed by atoms with Crippen LogP contribution < -0.4 is 5.73 Å². The number of hydrogen-bond acceptors (Lipinski definition) is 4. The second-order valence-corrected chi connectivity index (χ2v) is 5.31. The van der Waals surface area contributed by atoms with E-state index in [1.54, 1.807) is 0 Å². The predicted molar refractivity (Wildman–Crippen MR) is 53.9 cm³/mol. The quantitative estimate of drug-likeness (QED) is 0.738. The van der Waals surface area contributed by atoms with Crippen LogP contribution in [0.5, 0.6) is 0 Å². The highest BCUT2D eigenvalue weighted by atomic mass is 35.5. The summed E-state index contributed by atoms with van der Waals surface area (Å²) < 4.78 is 27.3. The highest BCUT2D eigenvalue weighted by Gasteiger charge is 2.23. The van der Waals surface area contributed by atoms with E-state index in [0.29, 0.717) is 26.0 Å². The van der Waals surface area contributed by atoms with Crippen molar-refractivity contribution in [1.82, 2.24) is 0 Å². The van der Waals surface area contributed by atoms with E-state index >= 15 is 0 Å². The molecule has 0 spiro atoms. The molecule has 0 unspecified atom stereocenters. The minimum absolute atomic E-state index is 0. The van der Waals surface area contributed by atoms with Gasteiger partial charge in [0.05, 0.1) is 24.2 Å². The van der Waals surface area contributed by atoms with E-state index in [1.807, 2.05) is 0 Å². The Morgan fingerprint density at radius 3 is 2.31 bits per heavy atom. The number of hydrogen-bond donors (Lipinski definition) is 1. The van der Waals surface area contributed by atoms with Gasteiger partial charge in [-0.3, -0.25) is 0 Å². The van der Waals surface area contributed by atoms with Crippen molar-refractivity contribution in [1.29, 1.82) is 0 Å². The van der Waals surface area contributed by atoms with Gasteiger partial charge in [-0.2, -0.15) is 0 Å². The molecule has 0 atom stereocenters. The van der Waals surface area contributed by atoms with Gasteiger partial charge in [-0.25, -0.2) is 8.42 Å². The van der Waals surface area contributed by atoms with E-state index in [-0.39, 0.29) is 30.0 Å². The molecule has 0 saturated carbocycles. The maximum absolute atomic E-state index is 11.0. The Morgan fingerprint density at radius 1 is 1.31 bits per heavy atom. The summed E-state index contributed by atoms with van der Waals surface area (Å²) in [6, 6.07) is 0. The zero-order valence-electron chi connectivity index (χ0n) is 7.44. The Bertz CT molecular complexity index is 216. The first-order valence-corrected chi connectivity index (χ1v) is 5.98. The molecular weight excluding hydrogens is 214 g/mol. The molecule has 0 aromatic rings. The highest BCUT2D eigenvalue weighted by molar-refractivity contribution is 7.91. The summed E-state index contributed by atoms with van der Waals surface area (Å²) in [5, 5.41) is 0. The monoisotopic (exact) mass is 229 g/mol. The molecule has 80 valence electrons.